The predicted octanol–water partition coefficient (Wildman–Crippen LogP) is 0.554. The summed E-state index contributed by atoms with van der Waals surface area (Å²) in [7, 11) is 0. The minimum absolute atomic E-state index is 0.0377. The number of aliphatic hydroxyl groups excluding tert-OH is 1. The molecule has 2 heterocycles. The second-order valence-electron chi connectivity index (χ2n) is 6.82. The fraction of sp³-hybridized carbons (Fsp3) is 0.611. The van der Waals surface area contributed by atoms with Crippen LogP contribution in [0, 0.1) is 11.7 Å². The topological polar surface area (TPSA) is 76.6 Å². The second-order valence-corrected chi connectivity index (χ2v) is 6.82. The first-order chi connectivity index (χ1) is 12.2. The van der Waals surface area contributed by atoms with Crippen LogP contribution in [0.25, 0.3) is 0 Å². The van der Waals surface area contributed by atoms with E-state index >= 15 is 0 Å². The Balaban J connectivity index is 1.52. The summed E-state index contributed by atoms with van der Waals surface area (Å²) in [5, 5.41) is 12.4. The fourth-order valence-corrected chi connectivity index (χ4v) is 3.77. The molecule has 1 amide bonds. The third-order valence-corrected chi connectivity index (χ3v) is 5.18. The van der Waals surface area contributed by atoms with E-state index in [-0.39, 0.29) is 36.3 Å². The number of hydrogen-bond donors (Lipinski definition) is 4. The van der Waals surface area contributed by atoms with Crippen molar-refractivity contribution in [3.8, 4) is 0 Å². The van der Waals surface area contributed by atoms with Gasteiger partial charge in [0.1, 0.15) is 5.82 Å². The first-order valence-electron chi connectivity index (χ1n) is 9.05. The summed E-state index contributed by atoms with van der Waals surface area (Å²) >= 11 is 0. The first-order valence-corrected chi connectivity index (χ1v) is 9.05. The monoisotopic (exact) mass is 350 g/mol. The average molecular weight is 350 g/mol. The van der Waals surface area contributed by atoms with Crippen molar-refractivity contribution in [2.24, 2.45) is 5.92 Å². The number of carbonyl (C=O) groups excluding carboxylic acids is 1. The zero-order valence-corrected chi connectivity index (χ0v) is 14.4. The van der Waals surface area contributed by atoms with Crippen LogP contribution in [0.15, 0.2) is 24.3 Å². The molecule has 2 aliphatic rings. The van der Waals surface area contributed by atoms with Crippen LogP contribution in [0.4, 0.5) is 4.39 Å². The highest BCUT2D eigenvalue weighted by atomic mass is 19.1. The molecule has 0 radical (unpaired) electrons. The molecule has 138 valence electrons. The molecule has 3 rings (SSSR count). The maximum absolute atomic E-state index is 13.5. The number of benzene rings is 1. The summed E-state index contributed by atoms with van der Waals surface area (Å²) in [5.41, 5.74) is 6.83. The lowest BCUT2D eigenvalue weighted by Gasteiger charge is -2.34. The van der Waals surface area contributed by atoms with E-state index < -0.39 is 0 Å². The maximum Gasteiger partial charge on any atom is 0.226 e. The van der Waals surface area contributed by atoms with Crippen LogP contribution in [0.3, 0.4) is 0 Å². The number of nitrogens with one attached hydrogen (secondary N) is 3. The summed E-state index contributed by atoms with van der Waals surface area (Å²) in [6.07, 6.45) is 3.31. The van der Waals surface area contributed by atoms with E-state index in [2.05, 4.69) is 21.1 Å². The molecule has 3 atom stereocenters. The normalized spacial score (nSPS) is 27.4. The summed E-state index contributed by atoms with van der Waals surface area (Å²) in [5.74, 6) is -0.619. The van der Waals surface area contributed by atoms with Gasteiger partial charge in [0.2, 0.25) is 5.91 Å². The van der Waals surface area contributed by atoms with Crippen molar-refractivity contribution in [1.29, 1.82) is 0 Å². The summed E-state index contributed by atoms with van der Waals surface area (Å²) in [4.78, 5) is 14.8. The standard InChI is InChI=1S/C18H27FN4O2/c19-14-5-3-4-13(10-14)17-16(11-21-22-17)18(25)20-7-9-23-8-2-1-6-15(23)12-24/h3-5,10,15-17,21-22,24H,1-2,6-9,11-12H2,(H,20,25). The highest BCUT2D eigenvalue weighted by Gasteiger charge is 2.34. The molecular weight excluding hydrogens is 323 g/mol. The van der Waals surface area contributed by atoms with Crippen molar-refractivity contribution in [3.05, 3.63) is 35.6 Å². The van der Waals surface area contributed by atoms with Gasteiger partial charge in [-0.25, -0.2) is 9.82 Å². The van der Waals surface area contributed by atoms with Gasteiger partial charge in [0.25, 0.3) is 0 Å². The van der Waals surface area contributed by atoms with Crippen LogP contribution in [-0.2, 0) is 4.79 Å². The predicted molar refractivity (Wildman–Crippen MR) is 93.1 cm³/mol. The number of hydrazine groups is 1. The molecule has 0 saturated carbocycles. The Labute approximate surface area is 147 Å². The van der Waals surface area contributed by atoms with Crippen LogP contribution in [0.5, 0.6) is 0 Å². The smallest absolute Gasteiger partial charge is 0.226 e. The number of piperidine rings is 1. The highest BCUT2D eigenvalue weighted by Crippen LogP contribution is 2.25. The summed E-state index contributed by atoms with van der Waals surface area (Å²) < 4.78 is 13.5. The van der Waals surface area contributed by atoms with Gasteiger partial charge in [0.05, 0.1) is 18.6 Å². The fourth-order valence-electron chi connectivity index (χ4n) is 3.77. The number of hydrogen-bond acceptors (Lipinski definition) is 5. The molecule has 0 aliphatic carbocycles. The average Bonchev–Trinajstić information content (AvgIpc) is 3.12. The zero-order chi connectivity index (χ0) is 17.6. The van der Waals surface area contributed by atoms with Gasteiger partial charge in [-0.3, -0.25) is 15.1 Å². The first kappa shape index (κ1) is 18.3. The zero-order valence-electron chi connectivity index (χ0n) is 14.4. The van der Waals surface area contributed by atoms with Crippen molar-refractivity contribution in [2.45, 2.75) is 31.3 Å². The van der Waals surface area contributed by atoms with Gasteiger partial charge in [-0.05, 0) is 37.1 Å². The Morgan fingerprint density at radius 2 is 2.28 bits per heavy atom. The van der Waals surface area contributed by atoms with Gasteiger partial charge >= 0.3 is 0 Å². The molecule has 25 heavy (non-hydrogen) atoms. The van der Waals surface area contributed by atoms with Crippen molar-refractivity contribution in [2.75, 3.05) is 32.8 Å². The lowest BCUT2D eigenvalue weighted by Crippen LogP contribution is -2.46. The van der Waals surface area contributed by atoms with Gasteiger partial charge in [-0.15, -0.1) is 0 Å². The van der Waals surface area contributed by atoms with E-state index in [0.717, 1.165) is 37.9 Å². The summed E-state index contributed by atoms with van der Waals surface area (Å²) in [6.45, 7) is 2.96. The molecule has 4 N–H and O–H groups in total. The number of likely N-dealkylation sites (tertiary alicyclic amines) is 1. The van der Waals surface area contributed by atoms with E-state index in [4.69, 9.17) is 0 Å². The molecule has 0 aromatic heterocycles. The van der Waals surface area contributed by atoms with Gasteiger partial charge in [-0.2, -0.15) is 0 Å². The molecule has 2 saturated heterocycles. The maximum atomic E-state index is 13.5. The van der Waals surface area contributed by atoms with Crippen molar-refractivity contribution < 1.29 is 14.3 Å². The minimum Gasteiger partial charge on any atom is -0.395 e. The molecule has 7 heteroatoms. The van der Waals surface area contributed by atoms with E-state index in [0.29, 0.717) is 13.1 Å². The minimum atomic E-state index is -0.300. The molecule has 0 bridgehead atoms. The van der Waals surface area contributed by atoms with E-state index in [1.807, 2.05) is 6.07 Å². The van der Waals surface area contributed by atoms with E-state index in [9.17, 15) is 14.3 Å². The second kappa shape index (κ2) is 8.71. The number of halogens is 1. The molecular formula is C18H27FN4O2. The number of amides is 1. The van der Waals surface area contributed by atoms with Gasteiger partial charge in [0, 0.05) is 25.7 Å². The molecule has 6 nitrogen and oxygen atoms in total. The lowest BCUT2D eigenvalue weighted by atomic mass is 9.94. The Kier molecular flexibility index (Phi) is 6.36. The number of nitrogens with zero attached hydrogens (tertiary/aromatic N) is 1. The largest absolute Gasteiger partial charge is 0.395 e. The van der Waals surface area contributed by atoms with E-state index in [1.54, 1.807) is 6.07 Å². The van der Waals surface area contributed by atoms with Crippen LogP contribution in [-0.4, -0.2) is 54.7 Å². The highest BCUT2D eigenvalue weighted by molar-refractivity contribution is 5.80. The number of rotatable bonds is 6. The molecule has 2 fully saturated rings. The molecule has 0 spiro atoms. The lowest BCUT2D eigenvalue weighted by molar-refractivity contribution is -0.125. The van der Waals surface area contributed by atoms with Gasteiger partial charge < -0.3 is 10.4 Å². The quantitative estimate of drug-likeness (QED) is 0.603. The van der Waals surface area contributed by atoms with Crippen LogP contribution in [0.1, 0.15) is 30.9 Å². The molecule has 1 aromatic carbocycles. The molecule has 1 aromatic rings. The Bertz CT molecular complexity index is 586. The number of carbonyl (C=O) groups is 1. The summed E-state index contributed by atoms with van der Waals surface area (Å²) in [6, 6.07) is 6.32. The molecule has 3 unspecified atom stereocenters. The van der Waals surface area contributed by atoms with Crippen molar-refractivity contribution in [1.82, 2.24) is 21.1 Å². The third kappa shape index (κ3) is 4.55. The third-order valence-electron chi connectivity index (χ3n) is 5.18. The van der Waals surface area contributed by atoms with Crippen LogP contribution < -0.4 is 16.2 Å². The Hall–Kier alpha value is -1.54. The Morgan fingerprint density at radius 3 is 3.08 bits per heavy atom. The van der Waals surface area contributed by atoms with Gasteiger partial charge in [0.15, 0.2) is 0 Å². The van der Waals surface area contributed by atoms with Gasteiger partial charge in [-0.1, -0.05) is 18.6 Å². The Morgan fingerprint density at radius 1 is 1.40 bits per heavy atom. The molecule has 2 aliphatic heterocycles. The van der Waals surface area contributed by atoms with Crippen molar-refractivity contribution in [3.63, 3.8) is 0 Å². The van der Waals surface area contributed by atoms with Crippen molar-refractivity contribution >= 4 is 5.91 Å². The number of aliphatic hydroxyl groups is 1. The SMILES string of the molecule is O=C(NCCN1CCCCC1CO)C1CNNC1c1cccc(F)c1. The van der Waals surface area contributed by atoms with Crippen LogP contribution >= 0.6 is 0 Å². The van der Waals surface area contributed by atoms with E-state index in [1.165, 1.54) is 12.1 Å². The van der Waals surface area contributed by atoms with Crippen LogP contribution in [0.2, 0.25) is 0 Å².